The van der Waals surface area contributed by atoms with Crippen LogP contribution in [0.15, 0.2) is 176 Å². The molecule has 0 N–H and O–H groups in total. The first-order chi connectivity index (χ1) is 26.8. The first-order valence-electron chi connectivity index (χ1n) is 17.9. The predicted octanol–water partition coefficient (Wildman–Crippen LogP) is 11.0. The minimum absolute atomic E-state index is 0.557. The number of benzene rings is 6. The highest BCUT2D eigenvalue weighted by Gasteiger charge is 2.23. The summed E-state index contributed by atoms with van der Waals surface area (Å²) in [5.41, 5.74) is 10.3. The summed E-state index contributed by atoms with van der Waals surface area (Å²) in [6, 6.07) is 53.0. The van der Waals surface area contributed by atoms with E-state index in [9.17, 15) is 0 Å². The van der Waals surface area contributed by atoms with E-state index in [1.54, 1.807) is 12.4 Å². The van der Waals surface area contributed by atoms with Gasteiger partial charge in [0.15, 0.2) is 11.6 Å². The highest BCUT2D eigenvalue weighted by Crippen LogP contribution is 2.43. The van der Waals surface area contributed by atoms with Crippen molar-refractivity contribution in [2.24, 2.45) is 0 Å². The third-order valence-corrected chi connectivity index (χ3v) is 10.3. The second-order valence-electron chi connectivity index (χ2n) is 13.4. The van der Waals surface area contributed by atoms with E-state index in [-0.39, 0.29) is 0 Å². The van der Waals surface area contributed by atoms with Gasteiger partial charge in [-0.3, -0.25) is 4.57 Å². The van der Waals surface area contributed by atoms with E-state index >= 15 is 0 Å². The van der Waals surface area contributed by atoms with Gasteiger partial charge < -0.3 is 4.57 Å². The van der Waals surface area contributed by atoms with Crippen molar-refractivity contribution >= 4 is 54.5 Å². The topological polar surface area (TPSA) is 74.3 Å². The van der Waals surface area contributed by atoms with Gasteiger partial charge in [0, 0.05) is 57.5 Å². The van der Waals surface area contributed by atoms with Crippen LogP contribution >= 0.6 is 0 Å². The summed E-state index contributed by atoms with van der Waals surface area (Å²) in [6.45, 7) is 0. The van der Waals surface area contributed by atoms with Crippen LogP contribution in [0.5, 0.6) is 0 Å². The molecule has 0 unspecified atom stereocenters. The molecule has 0 amide bonds. The van der Waals surface area contributed by atoms with Gasteiger partial charge in [0.2, 0.25) is 0 Å². The summed E-state index contributed by atoms with van der Waals surface area (Å²) in [5, 5.41) is 5.49. The Kier molecular flexibility index (Phi) is 6.72. The van der Waals surface area contributed by atoms with Gasteiger partial charge in [-0.15, -0.1) is 0 Å². The fraction of sp³-hybridized carbons (Fsp3) is 0. The van der Waals surface area contributed by atoms with Crippen LogP contribution in [0.2, 0.25) is 0 Å². The minimum Gasteiger partial charge on any atom is -0.307 e. The number of nitrogens with zero attached hydrogens (tertiary/aromatic N) is 7. The molecule has 0 fully saturated rings. The normalized spacial score (nSPS) is 11.7. The van der Waals surface area contributed by atoms with Crippen LogP contribution in [0.4, 0.5) is 0 Å². The Balaban J connectivity index is 1.19. The lowest BCUT2D eigenvalue weighted by Gasteiger charge is -2.16. The first-order valence-corrected chi connectivity index (χ1v) is 17.9. The predicted molar refractivity (Wildman–Crippen MR) is 218 cm³/mol. The summed E-state index contributed by atoms with van der Waals surface area (Å²) in [5.74, 6) is 1.98. The maximum absolute atomic E-state index is 5.07. The quantitative estimate of drug-likeness (QED) is 0.180. The fourth-order valence-corrected chi connectivity index (χ4v) is 7.94. The molecule has 54 heavy (non-hydrogen) atoms. The van der Waals surface area contributed by atoms with Crippen LogP contribution in [-0.4, -0.2) is 34.1 Å². The third kappa shape index (κ3) is 4.58. The Bertz CT molecular complexity index is 3200. The van der Waals surface area contributed by atoms with E-state index in [0.29, 0.717) is 11.6 Å². The maximum atomic E-state index is 5.07. The highest BCUT2D eigenvalue weighted by atomic mass is 15.1. The molecule has 0 bridgehead atoms. The van der Waals surface area contributed by atoms with E-state index in [0.717, 1.165) is 77.5 Å². The van der Waals surface area contributed by atoms with Gasteiger partial charge >= 0.3 is 0 Å². The van der Waals surface area contributed by atoms with Crippen LogP contribution in [0.1, 0.15) is 0 Å². The van der Waals surface area contributed by atoms with E-state index in [1.807, 2.05) is 48.8 Å². The average Bonchev–Trinajstić information content (AvgIpc) is 3.77. The summed E-state index contributed by atoms with van der Waals surface area (Å²) < 4.78 is 4.74. The molecule has 0 radical (unpaired) electrons. The zero-order valence-corrected chi connectivity index (χ0v) is 28.9. The van der Waals surface area contributed by atoms with Gasteiger partial charge in [0.25, 0.3) is 0 Å². The van der Waals surface area contributed by atoms with Crippen molar-refractivity contribution < 1.29 is 0 Å². The SMILES string of the molecule is c1ccc(-c2ncc(-c3ncc4c(-n5c6ccccc6c6ccc7c8ccccc8n(-c8ccccc8-c8ccccc8)c7c65)nccc4n3)cn2)cc1. The summed E-state index contributed by atoms with van der Waals surface area (Å²) in [6.07, 6.45) is 7.29. The number of hydrogen-bond donors (Lipinski definition) is 0. The van der Waals surface area contributed by atoms with Crippen molar-refractivity contribution in [1.29, 1.82) is 0 Å². The molecule has 5 aromatic heterocycles. The van der Waals surface area contributed by atoms with Gasteiger partial charge in [-0.2, -0.15) is 0 Å². The molecule has 0 aliphatic heterocycles. The number of para-hydroxylation sites is 3. The van der Waals surface area contributed by atoms with Gasteiger partial charge in [-0.1, -0.05) is 127 Å². The van der Waals surface area contributed by atoms with Gasteiger partial charge in [0.1, 0.15) is 5.82 Å². The number of aromatic nitrogens is 7. The average molecular weight is 692 g/mol. The Morgan fingerprint density at radius 1 is 0.370 bits per heavy atom. The third-order valence-electron chi connectivity index (χ3n) is 10.3. The Labute approximate surface area is 309 Å². The van der Waals surface area contributed by atoms with Crippen molar-refractivity contribution in [3.8, 4) is 45.4 Å². The molecule has 0 aliphatic rings. The largest absolute Gasteiger partial charge is 0.307 e. The van der Waals surface area contributed by atoms with Crippen LogP contribution in [0.25, 0.3) is 99.9 Å². The molecule has 7 heteroatoms. The number of pyridine rings is 1. The first kappa shape index (κ1) is 30.1. The molecule has 0 spiro atoms. The van der Waals surface area contributed by atoms with Crippen LogP contribution in [-0.2, 0) is 0 Å². The Morgan fingerprint density at radius 3 is 1.67 bits per heavy atom. The number of rotatable bonds is 5. The number of fused-ring (bicyclic) bond motifs is 8. The molecule has 0 saturated heterocycles. The lowest BCUT2D eigenvalue weighted by atomic mass is 10.0. The summed E-state index contributed by atoms with van der Waals surface area (Å²) in [7, 11) is 0. The second-order valence-corrected chi connectivity index (χ2v) is 13.4. The van der Waals surface area contributed by atoms with Crippen molar-refractivity contribution in [3.05, 3.63) is 176 Å². The maximum Gasteiger partial charge on any atom is 0.162 e. The molecule has 6 aromatic carbocycles. The summed E-state index contributed by atoms with van der Waals surface area (Å²) >= 11 is 0. The molecule has 0 atom stereocenters. The molecule has 11 rings (SSSR count). The highest BCUT2D eigenvalue weighted by molar-refractivity contribution is 6.24. The zero-order chi connectivity index (χ0) is 35.6. The molecule has 0 aliphatic carbocycles. The van der Waals surface area contributed by atoms with Crippen molar-refractivity contribution in [3.63, 3.8) is 0 Å². The molecular weight excluding hydrogens is 663 g/mol. The van der Waals surface area contributed by atoms with Crippen LogP contribution < -0.4 is 0 Å². The molecule has 11 aromatic rings. The second kappa shape index (κ2) is 12.0. The Hall–Kier alpha value is -7.51. The molecule has 0 saturated carbocycles. The van der Waals surface area contributed by atoms with E-state index in [2.05, 4.69) is 134 Å². The van der Waals surface area contributed by atoms with Gasteiger partial charge in [0.05, 0.1) is 44.2 Å². The van der Waals surface area contributed by atoms with E-state index in [1.165, 1.54) is 10.8 Å². The van der Waals surface area contributed by atoms with Gasteiger partial charge in [-0.25, -0.2) is 24.9 Å². The van der Waals surface area contributed by atoms with Crippen molar-refractivity contribution in [2.45, 2.75) is 0 Å². The fourth-order valence-electron chi connectivity index (χ4n) is 7.94. The monoisotopic (exact) mass is 691 g/mol. The summed E-state index contributed by atoms with van der Waals surface area (Å²) in [4.78, 5) is 24.2. The lowest BCUT2D eigenvalue weighted by molar-refractivity contribution is 1.08. The lowest BCUT2D eigenvalue weighted by Crippen LogP contribution is -2.03. The standard InChI is InChI=1S/C47H29N7/c1-3-13-30(14-4-1)33-17-7-10-20-40(33)53-41-21-11-8-18-34(41)36-23-24-37-35-19-9-12-22-42(35)54(44(37)43(36)53)47-38-29-51-46(52-39(38)25-26-48-47)32-27-49-45(50-28-32)31-15-5-2-6-16-31/h1-29H. The van der Waals surface area contributed by atoms with Gasteiger partial charge in [-0.05, 0) is 29.8 Å². The Morgan fingerprint density at radius 2 is 0.944 bits per heavy atom. The smallest absolute Gasteiger partial charge is 0.162 e. The van der Waals surface area contributed by atoms with E-state index < -0.39 is 0 Å². The molecule has 252 valence electrons. The van der Waals surface area contributed by atoms with E-state index in [4.69, 9.17) is 15.0 Å². The molecular formula is C47H29N7. The van der Waals surface area contributed by atoms with Crippen LogP contribution in [0.3, 0.4) is 0 Å². The van der Waals surface area contributed by atoms with Crippen molar-refractivity contribution in [2.75, 3.05) is 0 Å². The van der Waals surface area contributed by atoms with Crippen LogP contribution in [0, 0.1) is 0 Å². The molecule has 5 heterocycles. The molecule has 7 nitrogen and oxygen atoms in total. The number of hydrogen-bond acceptors (Lipinski definition) is 5. The van der Waals surface area contributed by atoms with Crippen molar-refractivity contribution in [1.82, 2.24) is 34.1 Å². The minimum atomic E-state index is 0.557. The zero-order valence-electron chi connectivity index (χ0n) is 28.9.